The van der Waals surface area contributed by atoms with Crippen LogP contribution in [0.4, 0.5) is 0 Å². The maximum atomic E-state index is 11.4. The summed E-state index contributed by atoms with van der Waals surface area (Å²) in [5.74, 6) is -0.189. The predicted octanol–water partition coefficient (Wildman–Crippen LogP) is 3.11. The molecule has 0 aromatic carbocycles. The van der Waals surface area contributed by atoms with Crippen LogP contribution in [-0.4, -0.2) is 19.6 Å². The van der Waals surface area contributed by atoms with E-state index in [0.29, 0.717) is 5.57 Å². The van der Waals surface area contributed by atoms with Crippen molar-refractivity contribution >= 4 is 19.6 Å². The van der Waals surface area contributed by atoms with Crippen LogP contribution in [0.2, 0.25) is 15.8 Å². The van der Waals surface area contributed by atoms with Crippen molar-refractivity contribution in [3.05, 3.63) is 12.2 Å². The fourth-order valence-electron chi connectivity index (χ4n) is 1.25. The molecule has 0 fully saturated rings. The van der Waals surface area contributed by atoms with Gasteiger partial charge in [-0.2, -0.15) is 0 Å². The van der Waals surface area contributed by atoms with Crippen molar-refractivity contribution < 1.29 is 8.56 Å². The van der Waals surface area contributed by atoms with Crippen molar-refractivity contribution in [3.63, 3.8) is 0 Å². The molecule has 13 heavy (non-hydrogen) atoms. The Balaban J connectivity index is 4.42. The zero-order valence-corrected chi connectivity index (χ0v) is 11.2. The number of carbonyl (C=O) groups is 1. The van der Waals surface area contributed by atoms with E-state index in [4.69, 9.17) is 3.76 Å². The van der Waals surface area contributed by atoms with Gasteiger partial charge in [0, 0.05) is 0 Å². The van der Waals surface area contributed by atoms with Gasteiger partial charge in [0.1, 0.15) is 0 Å². The van der Waals surface area contributed by atoms with Crippen LogP contribution in [0.15, 0.2) is 12.2 Å². The van der Waals surface area contributed by atoms with E-state index >= 15 is 0 Å². The molecule has 0 saturated carbocycles. The molecule has 0 spiro atoms. The van der Waals surface area contributed by atoms with Crippen molar-refractivity contribution in [1.82, 2.24) is 0 Å². The third-order valence-electron chi connectivity index (χ3n) is 2.59. The summed E-state index contributed by atoms with van der Waals surface area (Å²) in [6.07, 6.45) is 0. The van der Waals surface area contributed by atoms with Crippen molar-refractivity contribution in [2.24, 2.45) is 0 Å². The molecule has 0 unspecified atom stereocenters. The Labute approximate surface area is 84.1 Å². The molecule has 0 bridgehead atoms. The van der Waals surface area contributed by atoms with Crippen LogP contribution < -0.4 is 0 Å². The molecule has 0 amide bonds. The molecule has 0 saturated heterocycles. The first-order chi connectivity index (χ1) is 6.01. The quantitative estimate of drug-likeness (QED) is 0.549. The first kappa shape index (κ1) is 12.8. The average Bonchev–Trinajstić information content (AvgIpc) is 2.14. The Bertz CT molecular complexity index is 187. The van der Waals surface area contributed by atoms with Crippen molar-refractivity contribution in [2.75, 3.05) is 0 Å². The number of hydrogen-bond donors (Lipinski definition) is 0. The molecule has 3 heteroatoms. The summed E-state index contributed by atoms with van der Waals surface area (Å²) < 4.78 is 5.60. The van der Waals surface area contributed by atoms with Crippen LogP contribution in [0.5, 0.6) is 0 Å². The molecule has 0 N–H and O–H groups in total. The summed E-state index contributed by atoms with van der Waals surface area (Å²) in [5, 5.41) is 3.14. The van der Waals surface area contributed by atoms with Gasteiger partial charge in [-0.25, -0.2) is 0 Å². The van der Waals surface area contributed by atoms with Gasteiger partial charge in [0.15, 0.2) is 0 Å². The second-order valence-corrected chi connectivity index (χ2v) is 13.3. The minimum absolute atomic E-state index is 0.189. The van der Waals surface area contributed by atoms with Gasteiger partial charge >= 0.3 is 83.7 Å². The molecular formula is C10H20GeO2. The molecule has 76 valence electrons. The van der Waals surface area contributed by atoms with Crippen molar-refractivity contribution in [3.8, 4) is 0 Å². The molecule has 0 aromatic heterocycles. The zero-order chi connectivity index (χ0) is 10.5. The molecule has 0 heterocycles. The molecule has 0 aromatic rings. The Morgan fingerprint density at radius 1 is 1.23 bits per heavy atom. The average molecular weight is 245 g/mol. The van der Waals surface area contributed by atoms with Crippen LogP contribution in [0.3, 0.4) is 0 Å². The van der Waals surface area contributed by atoms with Gasteiger partial charge in [0.05, 0.1) is 0 Å². The van der Waals surface area contributed by atoms with E-state index in [0.717, 1.165) is 15.8 Å². The van der Waals surface area contributed by atoms with E-state index in [1.165, 1.54) is 0 Å². The molecular weight excluding hydrogens is 225 g/mol. The first-order valence-electron chi connectivity index (χ1n) is 4.90. The fraction of sp³-hybridized carbons (Fsp3) is 0.700. The SMILES string of the molecule is C=C(C)C(=O)[O][Ge]([CH2]C)([CH2]C)[CH2]C. The molecule has 0 atom stereocenters. The summed E-state index contributed by atoms with van der Waals surface area (Å²) in [5.41, 5.74) is 0.519. The molecule has 2 nitrogen and oxygen atoms in total. The third kappa shape index (κ3) is 3.55. The van der Waals surface area contributed by atoms with Crippen molar-refractivity contribution in [1.29, 1.82) is 0 Å². The number of hydrogen-bond acceptors (Lipinski definition) is 2. The van der Waals surface area contributed by atoms with Gasteiger partial charge in [0.25, 0.3) is 0 Å². The van der Waals surface area contributed by atoms with Crippen molar-refractivity contribution in [2.45, 2.75) is 43.5 Å². The molecule has 0 aliphatic heterocycles. The molecule has 0 rings (SSSR count). The van der Waals surface area contributed by atoms with E-state index in [9.17, 15) is 4.79 Å². The summed E-state index contributed by atoms with van der Waals surface area (Å²) in [7, 11) is 0. The third-order valence-corrected chi connectivity index (χ3v) is 12.0. The van der Waals surface area contributed by atoms with Crippen LogP contribution in [0.1, 0.15) is 27.7 Å². The fourth-order valence-corrected chi connectivity index (χ4v) is 6.50. The summed E-state index contributed by atoms with van der Waals surface area (Å²) in [6, 6.07) is 0. The van der Waals surface area contributed by atoms with E-state index in [1.54, 1.807) is 6.92 Å². The van der Waals surface area contributed by atoms with Crippen LogP contribution in [-0.2, 0) is 8.56 Å². The van der Waals surface area contributed by atoms with Gasteiger partial charge < -0.3 is 0 Å². The second-order valence-electron chi connectivity index (χ2n) is 3.41. The Hall–Kier alpha value is -0.247. The van der Waals surface area contributed by atoms with Gasteiger partial charge in [-0.05, 0) is 0 Å². The van der Waals surface area contributed by atoms with Crippen LogP contribution in [0.25, 0.3) is 0 Å². The first-order valence-corrected chi connectivity index (χ1v) is 10.2. The van der Waals surface area contributed by atoms with Gasteiger partial charge in [0.2, 0.25) is 0 Å². The van der Waals surface area contributed by atoms with E-state index in [-0.39, 0.29) is 5.97 Å². The minimum atomic E-state index is -2.27. The van der Waals surface area contributed by atoms with Gasteiger partial charge in [-0.15, -0.1) is 0 Å². The molecule has 0 radical (unpaired) electrons. The van der Waals surface area contributed by atoms with E-state index in [2.05, 4.69) is 27.4 Å². The Morgan fingerprint density at radius 3 is 1.85 bits per heavy atom. The summed E-state index contributed by atoms with van der Waals surface area (Å²) >= 11 is -2.27. The second kappa shape index (κ2) is 5.48. The van der Waals surface area contributed by atoms with Crippen LogP contribution in [0, 0.1) is 0 Å². The standard InChI is InChI=1S/C10H20GeO2/c1-6-11(7-2,8-3)13-10(12)9(4)5/h4,6-8H2,1-3,5H3. The number of carbonyl (C=O) groups excluding carboxylic acids is 1. The maximum absolute atomic E-state index is 11.4. The Morgan fingerprint density at radius 2 is 1.62 bits per heavy atom. The van der Waals surface area contributed by atoms with Gasteiger partial charge in [-0.1, -0.05) is 0 Å². The zero-order valence-electron chi connectivity index (χ0n) is 9.14. The summed E-state index contributed by atoms with van der Waals surface area (Å²) in [6.45, 7) is 11.7. The number of rotatable bonds is 5. The normalized spacial score (nSPS) is 11.1. The Kier molecular flexibility index (Phi) is 5.37. The molecule has 0 aliphatic carbocycles. The van der Waals surface area contributed by atoms with Crippen LogP contribution >= 0.6 is 0 Å². The monoisotopic (exact) mass is 246 g/mol. The predicted molar refractivity (Wildman–Crippen MR) is 58.1 cm³/mol. The topological polar surface area (TPSA) is 26.3 Å². The van der Waals surface area contributed by atoms with E-state index in [1.807, 2.05) is 0 Å². The van der Waals surface area contributed by atoms with E-state index < -0.39 is 13.6 Å². The van der Waals surface area contributed by atoms with Gasteiger partial charge in [-0.3, -0.25) is 0 Å². The summed E-state index contributed by atoms with van der Waals surface area (Å²) in [4.78, 5) is 11.4. The molecule has 0 aliphatic rings.